The minimum Gasteiger partial charge on any atom is -0.355 e. The van der Waals surface area contributed by atoms with Crippen LogP contribution in [0.5, 0.6) is 0 Å². The van der Waals surface area contributed by atoms with Gasteiger partial charge >= 0.3 is 12.2 Å². The summed E-state index contributed by atoms with van der Waals surface area (Å²) in [5.41, 5.74) is 0.132. The number of halogens is 4. The van der Waals surface area contributed by atoms with Gasteiger partial charge in [-0.15, -0.1) is 0 Å². The number of fused-ring (bicyclic) bond motifs is 3. The lowest BCUT2D eigenvalue weighted by Gasteiger charge is -2.40. The number of hydrogen-bond acceptors (Lipinski definition) is 5. The largest absolute Gasteiger partial charge is 0.417 e. The number of pyridine rings is 1. The molecular formula is C24H19F4N5O3. The fraction of sp³-hybridized carbons (Fsp3) is 0.208. The number of ether oxygens (including phenoxy) is 1. The lowest BCUT2D eigenvalue weighted by molar-refractivity contribution is -0.138. The molecular weight excluding hydrogens is 482 g/mol. The van der Waals surface area contributed by atoms with Gasteiger partial charge in [0.05, 0.1) is 29.0 Å². The van der Waals surface area contributed by atoms with Crippen LogP contribution in [-0.2, 0) is 10.9 Å². The van der Waals surface area contributed by atoms with E-state index in [-0.39, 0.29) is 17.8 Å². The average Bonchev–Trinajstić information content (AvgIpc) is 2.85. The van der Waals surface area contributed by atoms with Crippen molar-refractivity contribution in [1.29, 1.82) is 0 Å². The summed E-state index contributed by atoms with van der Waals surface area (Å²) in [5, 5.41) is 8.38. The number of hydrogen-bond donors (Lipinski definition) is 3. The van der Waals surface area contributed by atoms with E-state index in [9.17, 15) is 27.2 Å². The van der Waals surface area contributed by atoms with Gasteiger partial charge in [0, 0.05) is 24.1 Å². The molecule has 2 aliphatic rings. The average molecular weight is 501 g/mol. The summed E-state index contributed by atoms with van der Waals surface area (Å²) in [6, 6.07) is 9.60. The lowest BCUT2D eigenvalue weighted by atomic mass is 10.1. The number of alkyl halides is 3. The number of anilines is 4. The molecule has 0 bridgehead atoms. The first-order chi connectivity index (χ1) is 17.2. The Morgan fingerprint density at radius 3 is 2.61 bits per heavy atom. The minimum atomic E-state index is -4.89. The van der Waals surface area contributed by atoms with Gasteiger partial charge in [-0.25, -0.2) is 14.2 Å². The molecule has 2 aliphatic heterocycles. The maximum Gasteiger partial charge on any atom is 0.417 e. The number of amides is 3. The second kappa shape index (κ2) is 9.11. The third-order valence-electron chi connectivity index (χ3n) is 5.78. The number of nitrogens with zero attached hydrogens (tertiary/aromatic N) is 2. The van der Waals surface area contributed by atoms with Gasteiger partial charge < -0.3 is 15.4 Å². The van der Waals surface area contributed by atoms with E-state index >= 15 is 0 Å². The van der Waals surface area contributed by atoms with Crippen molar-refractivity contribution in [2.45, 2.75) is 18.8 Å². The number of aromatic nitrogens is 1. The molecule has 0 spiro atoms. The summed E-state index contributed by atoms with van der Waals surface area (Å²) in [7, 11) is 0. The Morgan fingerprint density at radius 1 is 1.11 bits per heavy atom. The summed E-state index contributed by atoms with van der Waals surface area (Å²) in [6.07, 6.45) is -3.22. The number of urea groups is 1. The maximum atomic E-state index is 13.3. The highest BCUT2D eigenvalue weighted by Crippen LogP contribution is 2.40. The molecule has 1 aromatic heterocycles. The molecule has 1 fully saturated rings. The molecule has 8 nitrogen and oxygen atoms in total. The van der Waals surface area contributed by atoms with Gasteiger partial charge in [-0.05, 0) is 55.0 Å². The van der Waals surface area contributed by atoms with E-state index in [2.05, 4.69) is 20.9 Å². The fourth-order valence-corrected chi connectivity index (χ4v) is 4.13. The molecule has 0 saturated carbocycles. The van der Waals surface area contributed by atoms with E-state index in [0.717, 1.165) is 18.6 Å². The summed E-state index contributed by atoms with van der Waals surface area (Å²) < 4.78 is 58.9. The van der Waals surface area contributed by atoms with Crippen molar-refractivity contribution in [2.75, 3.05) is 29.1 Å². The first-order valence-electron chi connectivity index (χ1n) is 10.9. The van der Waals surface area contributed by atoms with E-state index in [1.54, 1.807) is 23.1 Å². The zero-order valence-corrected chi connectivity index (χ0v) is 18.5. The van der Waals surface area contributed by atoms with Gasteiger partial charge in [0.1, 0.15) is 11.6 Å². The Labute approximate surface area is 202 Å². The Kier molecular flexibility index (Phi) is 5.96. The van der Waals surface area contributed by atoms with Gasteiger partial charge in [0.25, 0.3) is 5.91 Å². The second-order valence-electron chi connectivity index (χ2n) is 8.17. The third kappa shape index (κ3) is 4.54. The Morgan fingerprint density at radius 2 is 1.86 bits per heavy atom. The number of carbonyl (C=O) groups is 2. The highest BCUT2D eigenvalue weighted by atomic mass is 19.4. The highest BCUT2D eigenvalue weighted by Gasteiger charge is 2.38. The van der Waals surface area contributed by atoms with Crippen molar-refractivity contribution >= 4 is 34.8 Å². The van der Waals surface area contributed by atoms with Crippen LogP contribution in [-0.4, -0.2) is 35.0 Å². The molecule has 1 atom stereocenters. The molecule has 1 unspecified atom stereocenters. The van der Waals surface area contributed by atoms with Crippen LogP contribution in [0.3, 0.4) is 0 Å². The molecule has 3 heterocycles. The quantitative estimate of drug-likeness (QED) is 0.411. The van der Waals surface area contributed by atoms with Crippen molar-refractivity contribution in [3.63, 3.8) is 0 Å². The number of carbonyl (C=O) groups excluding carboxylic acids is 2. The van der Waals surface area contributed by atoms with Gasteiger partial charge in [-0.1, -0.05) is 0 Å². The normalized spacial score (nSPS) is 17.1. The summed E-state index contributed by atoms with van der Waals surface area (Å²) in [5.74, 6) is -1.72. The molecule has 186 valence electrons. The summed E-state index contributed by atoms with van der Waals surface area (Å²) >= 11 is 0. The van der Waals surface area contributed by atoms with E-state index in [1.807, 2.05) is 0 Å². The Hall–Kier alpha value is -4.19. The zero-order chi connectivity index (χ0) is 25.4. The SMILES string of the molecule is O=C(Nc1ccc(Nc2ccnc3c2C2OCCCN2C(=O)N3)cc1)c1ccc(F)cc1C(F)(F)F. The first kappa shape index (κ1) is 23.5. The molecule has 3 amide bonds. The molecule has 12 heteroatoms. The topological polar surface area (TPSA) is 95.6 Å². The van der Waals surface area contributed by atoms with Crippen LogP contribution in [0.2, 0.25) is 0 Å². The van der Waals surface area contributed by atoms with Crippen LogP contribution in [0.1, 0.15) is 34.1 Å². The number of benzene rings is 2. The monoisotopic (exact) mass is 501 g/mol. The van der Waals surface area contributed by atoms with Gasteiger partial charge in [0.15, 0.2) is 6.23 Å². The molecule has 36 heavy (non-hydrogen) atoms. The van der Waals surface area contributed by atoms with Gasteiger partial charge in [0.2, 0.25) is 0 Å². The Balaban J connectivity index is 1.34. The summed E-state index contributed by atoms with van der Waals surface area (Å²) in [4.78, 5) is 30.6. The minimum absolute atomic E-state index is 0.244. The van der Waals surface area contributed by atoms with Crippen molar-refractivity contribution < 1.29 is 31.9 Å². The van der Waals surface area contributed by atoms with E-state index in [0.29, 0.717) is 35.9 Å². The van der Waals surface area contributed by atoms with Crippen LogP contribution < -0.4 is 16.0 Å². The van der Waals surface area contributed by atoms with E-state index < -0.39 is 35.3 Å². The van der Waals surface area contributed by atoms with Crippen molar-refractivity contribution in [1.82, 2.24) is 9.88 Å². The fourth-order valence-electron chi connectivity index (χ4n) is 4.13. The Bertz CT molecular complexity index is 1330. The van der Waals surface area contributed by atoms with Crippen LogP contribution in [0, 0.1) is 5.82 Å². The van der Waals surface area contributed by atoms with E-state index in [4.69, 9.17) is 4.74 Å². The van der Waals surface area contributed by atoms with Crippen LogP contribution >= 0.6 is 0 Å². The smallest absolute Gasteiger partial charge is 0.355 e. The highest BCUT2D eigenvalue weighted by molar-refractivity contribution is 6.05. The van der Waals surface area contributed by atoms with Crippen LogP contribution in [0.4, 0.5) is 45.2 Å². The van der Waals surface area contributed by atoms with Crippen molar-refractivity contribution in [2.24, 2.45) is 0 Å². The molecule has 2 aromatic carbocycles. The predicted octanol–water partition coefficient (Wildman–Crippen LogP) is 5.50. The maximum absolute atomic E-state index is 13.3. The number of nitrogens with one attached hydrogen (secondary N) is 3. The van der Waals surface area contributed by atoms with E-state index in [1.165, 1.54) is 18.3 Å². The zero-order valence-electron chi connectivity index (χ0n) is 18.5. The van der Waals surface area contributed by atoms with Gasteiger partial charge in [-0.2, -0.15) is 13.2 Å². The lowest BCUT2D eigenvalue weighted by Crippen LogP contribution is -2.47. The van der Waals surface area contributed by atoms with Crippen LogP contribution in [0.15, 0.2) is 54.7 Å². The van der Waals surface area contributed by atoms with Crippen molar-refractivity contribution in [3.8, 4) is 0 Å². The number of rotatable bonds is 4. The standard InChI is InChI=1S/C24H19F4N5O3/c25-13-2-7-16(17(12-13)24(26,27)28)21(34)31-15-5-3-14(4-6-15)30-18-8-9-29-20-19(18)22-33(23(35)32-20)10-1-11-36-22/h2-9,12,22H,1,10-11H2,(H,31,34)(H2,29,30,32,35). The van der Waals surface area contributed by atoms with Crippen molar-refractivity contribution in [3.05, 3.63) is 77.2 Å². The van der Waals surface area contributed by atoms with Crippen LogP contribution in [0.25, 0.3) is 0 Å². The third-order valence-corrected chi connectivity index (χ3v) is 5.78. The molecule has 3 N–H and O–H groups in total. The molecule has 1 saturated heterocycles. The first-order valence-corrected chi connectivity index (χ1v) is 10.9. The molecule has 5 rings (SSSR count). The molecule has 0 aliphatic carbocycles. The molecule has 0 radical (unpaired) electrons. The van der Waals surface area contributed by atoms with Gasteiger partial charge in [-0.3, -0.25) is 15.0 Å². The second-order valence-corrected chi connectivity index (χ2v) is 8.17. The summed E-state index contributed by atoms with van der Waals surface area (Å²) in [6.45, 7) is 1.05. The molecule has 3 aromatic rings. The predicted molar refractivity (Wildman–Crippen MR) is 122 cm³/mol.